The first-order valence-electron chi connectivity index (χ1n) is 8.55. The fourth-order valence-electron chi connectivity index (χ4n) is 3.25. The number of hydrogen-bond donors (Lipinski definition) is 0. The van der Waals surface area contributed by atoms with Gasteiger partial charge in [0.1, 0.15) is 0 Å². The molecular weight excluding hydrogens is 366 g/mol. The van der Waals surface area contributed by atoms with Gasteiger partial charge in [0.15, 0.2) is 16.8 Å². The quantitative estimate of drug-likeness (QED) is 0.477. The number of aryl methyl sites for hydroxylation is 2. The monoisotopic (exact) mass is 383 g/mol. The molecule has 3 aromatic rings. The third-order valence-electron chi connectivity index (χ3n) is 4.69. The molecular formula is C20H18ClN3OS. The van der Waals surface area contributed by atoms with Gasteiger partial charge in [0.25, 0.3) is 0 Å². The molecule has 0 bridgehead atoms. The maximum Gasteiger partial charge on any atom is 0.191 e. The zero-order valence-electron chi connectivity index (χ0n) is 14.4. The van der Waals surface area contributed by atoms with E-state index in [9.17, 15) is 4.79 Å². The minimum absolute atomic E-state index is 0.126. The summed E-state index contributed by atoms with van der Waals surface area (Å²) in [6.07, 6.45) is 3.40. The van der Waals surface area contributed by atoms with Gasteiger partial charge in [-0.05, 0) is 60.7 Å². The molecule has 1 aromatic heterocycles. The van der Waals surface area contributed by atoms with Crippen molar-refractivity contribution in [3.63, 3.8) is 0 Å². The number of hydrogen-bond acceptors (Lipinski definition) is 4. The van der Waals surface area contributed by atoms with E-state index >= 15 is 0 Å². The number of thioether (sulfide) groups is 1. The van der Waals surface area contributed by atoms with Crippen LogP contribution in [0.2, 0.25) is 5.02 Å². The van der Waals surface area contributed by atoms with Crippen molar-refractivity contribution < 1.29 is 4.79 Å². The number of Topliss-reactive ketones (excluding diaryl/α,β-unsaturated/α-hetero) is 1. The first-order valence-corrected chi connectivity index (χ1v) is 9.91. The Morgan fingerprint density at radius 3 is 2.69 bits per heavy atom. The summed E-state index contributed by atoms with van der Waals surface area (Å²) in [5.74, 6) is 1.24. The third kappa shape index (κ3) is 3.41. The Balaban J connectivity index is 1.46. The number of benzene rings is 2. The summed E-state index contributed by atoms with van der Waals surface area (Å²) < 4.78 is 1.91. The molecule has 0 amide bonds. The Bertz CT molecular complexity index is 966. The Hall–Kier alpha value is -2.11. The van der Waals surface area contributed by atoms with Crippen LogP contribution in [0.3, 0.4) is 0 Å². The molecule has 0 fully saturated rings. The van der Waals surface area contributed by atoms with Gasteiger partial charge in [0, 0.05) is 23.2 Å². The van der Waals surface area contributed by atoms with Crippen molar-refractivity contribution in [1.29, 1.82) is 0 Å². The van der Waals surface area contributed by atoms with Crippen molar-refractivity contribution in [1.82, 2.24) is 14.8 Å². The molecule has 6 heteroatoms. The Morgan fingerprint density at radius 1 is 1.12 bits per heavy atom. The maximum atomic E-state index is 12.6. The second kappa shape index (κ2) is 7.25. The van der Waals surface area contributed by atoms with Crippen LogP contribution in [0.5, 0.6) is 0 Å². The molecule has 0 radical (unpaired) electrons. The average Bonchev–Trinajstić information content (AvgIpc) is 3.26. The summed E-state index contributed by atoms with van der Waals surface area (Å²) in [6.45, 7) is 0. The molecule has 4 rings (SSSR count). The lowest BCUT2D eigenvalue weighted by atomic mass is 10.0. The molecule has 0 aliphatic heterocycles. The third-order valence-corrected chi connectivity index (χ3v) is 5.96. The minimum atomic E-state index is 0.126. The van der Waals surface area contributed by atoms with Crippen molar-refractivity contribution >= 4 is 29.1 Å². The number of ketones is 1. The van der Waals surface area contributed by atoms with Gasteiger partial charge in [-0.1, -0.05) is 35.5 Å². The standard InChI is InChI=1S/C20H18ClN3OS/c1-24-19(14-7-9-17(21)10-8-14)22-23-20(24)26-12-18(25)16-6-5-13-3-2-4-15(13)11-16/h5-11H,2-4,12H2,1H3. The molecule has 0 spiro atoms. The lowest BCUT2D eigenvalue weighted by molar-refractivity contribution is 0.102. The van der Waals surface area contributed by atoms with Gasteiger partial charge in [-0.3, -0.25) is 4.79 Å². The first-order chi connectivity index (χ1) is 12.6. The molecule has 0 unspecified atom stereocenters. The molecule has 0 atom stereocenters. The van der Waals surface area contributed by atoms with Crippen molar-refractivity contribution in [2.24, 2.45) is 7.05 Å². The fourth-order valence-corrected chi connectivity index (χ4v) is 4.18. The Labute approximate surface area is 161 Å². The topological polar surface area (TPSA) is 47.8 Å². The molecule has 132 valence electrons. The number of rotatable bonds is 5. The molecule has 0 N–H and O–H groups in total. The van der Waals surface area contributed by atoms with E-state index in [0.29, 0.717) is 10.8 Å². The Kier molecular flexibility index (Phi) is 4.83. The van der Waals surface area contributed by atoms with Crippen LogP contribution < -0.4 is 0 Å². The van der Waals surface area contributed by atoms with E-state index in [1.807, 2.05) is 41.9 Å². The summed E-state index contributed by atoms with van der Waals surface area (Å²) in [6, 6.07) is 13.6. The molecule has 1 aliphatic rings. The second-order valence-electron chi connectivity index (χ2n) is 6.42. The molecule has 0 saturated heterocycles. The van der Waals surface area contributed by atoms with E-state index in [1.165, 1.54) is 29.3 Å². The highest BCUT2D eigenvalue weighted by Gasteiger charge is 2.16. The zero-order chi connectivity index (χ0) is 18.1. The van der Waals surface area contributed by atoms with Gasteiger partial charge in [-0.15, -0.1) is 10.2 Å². The average molecular weight is 384 g/mol. The van der Waals surface area contributed by atoms with Crippen LogP contribution in [0, 0.1) is 0 Å². The van der Waals surface area contributed by atoms with Crippen LogP contribution in [-0.4, -0.2) is 26.3 Å². The Morgan fingerprint density at radius 2 is 1.88 bits per heavy atom. The van der Waals surface area contributed by atoms with E-state index in [4.69, 9.17) is 11.6 Å². The number of carbonyl (C=O) groups is 1. The summed E-state index contributed by atoms with van der Waals surface area (Å²) in [4.78, 5) is 12.6. The van der Waals surface area contributed by atoms with Crippen molar-refractivity contribution in [2.45, 2.75) is 24.4 Å². The number of halogens is 1. The zero-order valence-corrected chi connectivity index (χ0v) is 16.0. The lowest BCUT2D eigenvalue weighted by Crippen LogP contribution is -2.05. The fraction of sp³-hybridized carbons (Fsp3) is 0.250. The second-order valence-corrected chi connectivity index (χ2v) is 7.80. The number of fused-ring (bicyclic) bond motifs is 1. The smallest absolute Gasteiger partial charge is 0.191 e. The summed E-state index contributed by atoms with van der Waals surface area (Å²) in [5, 5.41) is 9.89. The molecule has 1 heterocycles. The highest BCUT2D eigenvalue weighted by Crippen LogP contribution is 2.26. The summed E-state index contributed by atoms with van der Waals surface area (Å²) in [5.41, 5.74) is 4.44. The highest BCUT2D eigenvalue weighted by molar-refractivity contribution is 7.99. The molecule has 4 nitrogen and oxygen atoms in total. The highest BCUT2D eigenvalue weighted by atomic mass is 35.5. The van der Waals surface area contributed by atoms with Crippen LogP contribution >= 0.6 is 23.4 Å². The number of carbonyl (C=O) groups excluding carboxylic acids is 1. The number of nitrogens with zero attached hydrogens (tertiary/aromatic N) is 3. The van der Waals surface area contributed by atoms with E-state index in [-0.39, 0.29) is 5.78 Å². The van der Waals surface area contributed by atoms with Gasteiger partial charge in [0.2, 0.25) is 0 Å². The van der Waals surface area contributed by atoms with Gasteiger partial charge in [-0.2, -0.15) is 0 Å². The normalized spacial score (nSPS) is 13.0. The van der Waals surface area contributed by atoms with E-state index in [2.05, 4.69) is 22.3 Å². The van der Waals surface area contributed by atoms with Crippen molar-refractivity contribution in [3.8, 4) is 11.4 Å². The van der Waals surface area contributed by atoms with E-state index < -0.39 is 0 Å². The van der Waals surface area contributed by atoms with E-state index in [0.717, 1.165) is 34.9 Å². The number of aromatic nitrogens is 3. The molecule has 26 heavy (non-hydrogen) atoms. The minimum Gasteiger partial charge on any atom is -0.305 e. The molecule has 0 saturated carbocycles. The van der Waals surface area contributed by atoms with Gasteiger partial charge in [-0.25, -0.2) is 0 Å². The largest absolute Gasteiger partial charge is 0.305 e. The van der Waals surface area contributed by atoms with Crippen LogP contribution in [0.25, 0.3) is 11.4 Å². The van der Waals surface area contributed by atoms with Crippen LogP contribution in [0.4, 0.5) is 0 Å². The van der Waals surface area contributed by atoms with Crippen LogP contribution in [-0.2, 0) is 19.9 Å². The first kappa shape index (κ1) is 17.3. The summed E-state index contributed by atoms with van der Waals surface area (Å²) >= 11 is 7.35. The van der Waals surface area contributed by atoms with Crippen LogP contribution in [0.1, 0.15) is 27.9 Å². The maximum absolute atomic E-state index is 12.6. The SMILES string of the molecule is Cn1c(SCC(=O)c2ccc3c(c2)CCC3)nnc1-c1ccc(Cl)cc1. The predicted molar refractivity (Wildman–Crippen MR) is 105 cm³/mol. The van der Waals surface area contributed by atoms with Gasteiger partial charge < -0.3 is 4.57 Å². The van der Waals surface area contributed by atoms with Gasteiger partial charge in [0.05, 0.1) is 5.75 Å². The van der Waals surface area contributed by atoms with Crippen molar-refractivity contribution in [2.75, 3.05) is 5.75 Å². The lowest BCUT2D eigenvalue weighted by Gasteiger charge is -2.05. The van der Waals surface area contributed by atoms with E-state index in [1.54, 1.807) is 0 Å². The van der Waals surface area contributed by atoms with Gasteiger partial charge >= 0.3 is 0 Å². The molecule has 1 aliphatic carbocycles. The molecule has 2 aromatic carbocycles. The van der Waals surface area contributed by atoms with Crippen LogP contribution in [0.15, 0.2) is 47.6 Å². The predicted octanol–water partition coefficient (Wildman–Crippen LogP) is 4.60. The summed E-state index contributed by atoms with van der Waals surface area (Å²) in [7, 11) is 1.91. The van der Waals surface area contributed by atoms with Crippen molar-refractivity contribution in [3.05, 3.63) is 64.2 Å².